The van der Waals surface area contributed by atoms with Crippen molar-refractivity contribution >= 4 is 21.6 Å². The van der Waals surface area contributed by atoms with Gasteiger partial charge in [-0.15, -0.1) is 0 Å². The van der Waals surface area contributed by atoms with Crippen LogP contribution < -0.4 is 10.2 Å². The zero-order valence-corrected chi connectivity index (χ0v) is 23.1. The molecule has 0 spiro atoms. The van der Waals surface area contributed by atoms with Gasteiger partial charge in [0.2, 0.25) is 0 Å². The van der Waals surface area contributed by atoms with Crippen LogP contribution in [0, 0.1) is 0 Å². The van der Waals surface area contributed by atoms with Crippen molar-refractivity contribution in [1.82, 2.24) is 10.3 Å². The van der Waals surface area contributed by atoms with Crippen molar-refractivity contribution in [1.29, 1.82) is 0 Å². The van der Waals surface area contributed by atoms with Gasteiger partial charge in [-0.2, -0.15) is 13.2 Å². The maximum absolute atomic E-state index is 13.0. The lowest BCUT2D eigenvalue weighted by Gasteiger charge is -2.25. The summed E-state index contributed by atoms with van der Waals surface area (Å²) in [6, 6.07) is 15.1. The summed E-state index contributed by atoms with van der Waals surface area (Å²) in [5, 5.41) is 2.81. The molecule has 2 aromatic carbocycles. The van der Waals surface area contributed by atoms with Crippen molar-refractivity contribution in [3.05, 3.63) is 89.1 Å². The SMILES string of the molecule is CCOC[C@@H]1CC(c2ccc(C(F)(F)F)cc2)CN1c1ccc(C(=O)NCc2ccc(S(=O)(=O)CC)cc2)cn1. The summed E-state index contributed by atoms with van der Waals surface area (Å²) in [7, 11) is -3.28. The largest absolute Gasteiger partial charge is 0.416 e. The van der Waals surface area contributed by atoms with Crippen LogP contribution in [0.25, 0.3) is 0 Å². The number of amides is 1. The average molecular weight is 576 g/mol. The maximum Gasteiger partial charge on any atom is 0.416 e. The lowest BCUT2D eigenvalue weighted by Crippen LogP contribution is -2.34. The summed E-state index contributed by atoms with van der Waals surface area (Å²) >= 11 is 0. The Morgan fingerprint density at radius 2 is 1.75 bits per heavy atom. The van der Waals surface area contributed by atoms with E-state index >= 15 is 0 Å². The summed E-state index contributed by atoms with van der Waals surface area (Å²) in [5.41, 5.74) is 1.29. The average Bonchev–Trinajstić information content (AvgIpc) is 3.39. The number of anilines is 1. The minimum atomic E-state index is -4.38. The van der Waals surface area contributed by atoms with Crippen molar-refractivity contribution in [2.75, 3.05) is 30.4 Å². The molecule has 11 heteroatoms. The number of carbonyl (C=O) groups excluding carboxylic acids is 1. The smallest absolute Gasteiger partial charge is 0.380 e. The molecule has 2 atom stereocenters. The fourth-order valence-corrected chi connectivity index (χ4v) is 5.64. The molecular weight excluding hydrogens is 543 g/mol. The van der Waals surface area contributed by atoms with E-state index in [1.54, 1.807) is 31.2 Å². The molecule has 1 aromatic heterocycles. The van der Waals surface area contributed by atoms with Crippen molar-refractivity contribution in [2.45, 2.75) is 49.8 Å². The summed E-state index contributed by atoms with van der Waals surface area (Å²) in [6.07, 6.45) is -2.18. The van der Waals surface area contributed by atoms with Crippen LogP contribution in [0.4, 0.5) is 19.0 Å². The van der Waals surface area contributed by atoms with Crippen LogP contribution in [-0.2, 0) is 27.3 Å². The van der Waals surface area contributed by atoms with Crippen LogP contribution in [0.2, 0.25) is 0 Å². The zero-order chi connectivity index (χ0) is 28.9. The molecule has 4 rings (SSSR count). The number of alkyl halides is 3. The molecule has 2 heterocycles. The molecule has 1 unspecified atom stereocenters. The third kappa shape index (κ3) is 7.00. The van der Waals surface area contributed by atoms with Crippen LogP contribution in [0.5, 0.6) is 0 Å². The van der Waals surface area contributed by atoms with Gasteiger partial charge < -0.3 is 15.0 Å². The Labute approximate surface area is 232 Å². The van der Waals surface area contributed by atoms with E-state index in [-0.39, 0.29) is 35.1 Å². The number of nitrogens with zero attached hydrogens (tertiary/aromatic N) is 2. The highest BCUT2D eigenvalue weighted by molar-refractivity contribution is 7.91. The lowest BCUT2D eigenvalue weighted by atomic mass is 9.95. The fourth-order valence-electron chi connectivity index (χ4n) is 4.75. The van der Waals surface area contributed by atoms with E-state index in [2.05, 4.69) is 15.2 Å². The Morgan fingerprint density at radius 3 is 2.33 bits per heavy atom. The molecule has 7 nitrogen and oxygen atoms in total. The van der Waals surface area contributed by atoms with Gasteiger partial charge in [0.25, 0.3) is 5.91 Å². The number of carbonyl (C=O) groups is 1. The van der Waals surface area contributed by atoms with Gasteiger partial charge in [-0.25, -0.2) is 13.4 Å². The molecule has 40 heavy (non-hydrogen) atoms. The van der Waals surface area contributed by atoms with E-state index in [9.17, 15) is 26.4 Å². The first kappa shape index (κ1) is 29.5. The van der Waals surface area contributed by atoms with Crippen LogP contribution in [0.1, 0.15) is 53.2 Å². The second kappa shape index (κ2) is 12.4. The number of aromatic nitrogens is 1. The molecular formula is C29H32F3N3O4S. The van der Waals surface area contributed by atoms with Gasteiger partial charge in [-0.05, 0) is 60.9 Å². The lowest BCUT2D eigenvalue weighted by molar-refractivity contribution is -0.137. The summed E-state index contributed by atoms with van der Waals surface area (Å²) in [6.45, 7) is 5.27. The van der Waals surface area contributed by atoms with Crippen LogP contribution in [-0.4, -0.2) is 50.9 Å². The van der Waals surface area contributed by atoms with Gasteiger partial charge in [0.1, 0.15) is 5.82 Å². The van der Waals surface area contributed by atoms with Crippen LogP contribution in [0.15, 0.2) is 71.8 Å². The zero-order valence-electron chi connectivity index (χ0n) is 22.3. The molecule has 3 aromatic rings. The van der Waals surface area contributed by atoms with Gasteiger partial charge in [0.15, 0.2) is 9.84 Å². The van der Waals surface area contributed by atoms with E-state index in [4.69, 9.17) is 4.74 Å². The number of nitrogens with one attached hydrogen (secondary N) is 1. The predicted octanol–water partition coefficient (Wildman–Crippen LogP) is 5.22. The Morgan fingerprint density at radius 1 is 1.05 bits per heavy atom. The molecule has 1 saturated heterocycles. The highest BCUT2D eigenvalue weighted by atomic mass is 32.2. The van der Waals surface area contributed by atoms with Gasteiger partial charge in [-0.1, -0.05) is 31.2 Å². The number of sulfone groups is 1. The van der Waals surface area contributed by atoms with Gasteiger partial charge in [0, 0.05) is 31.8 Å². The topological polar surface area (TPSA) is 88.6 Å². The molecule has 0 aliphatic carbocycles. The van der Waals surface area contributed by atoms with Crippen LogP contribution in [0.3, 0.4) is 0 Å². The third-order valence-electron chi connectivity index (χ3n) is 7.06. The normalized spacial score (nSPS) is 17.7. The molecule has 214 valence electrons. The molecule has 1 amide bonds. The Bertz CT molecular complexity index is 1390. The van der Waals surface area contributed by atoms with Gasteiger partial charge in [0.05, 0.1) is 34.4 Å². The number of pyridine rings is 1. The highest BCUT2D eigenvalue weighted by Crippen LogP contribution is 2.36. The number of hydrogen-bond donors (Lipinski definition) is 1. The minimum Gasteiger partial charge on any atom is -0.380 e. The van der Waals surface area contributed by atoms with Gasteiger partial charge >= 0.3 is 6.18 Å². The van der Waals surface area contributed by atoms with E-state index in [1.165, 1.54) is 30.5 Å². The number of halogens is 3. The number of benzene rings is 2. The molecule has 1 aliphatic heterocycles. The van der Waals surface area contributed by atoms with Crippen molar-refractivity contribution < 1.29 is 31.1 Å². The Kier molecular flexibility index (Phi) is 9.15. The van der Waals surface area contributed by atoms with Crippen LogP contribution >= 0.6 is 0 Å². The van der Waals surface area contributed by atoms with E-state index in [0.29, 0.717) is 37.6 Å². The summed E-state index contributed by atoms with van der Waals surface area (Å²) < 4.78 is 68.6. The number of hydrogen-bond acceptors (Lipinski definition) is 6. The summed E-state index contributed by atoms with van der Waals surface area (Å²) in [4.78, 5) is 19.5. The summed E-state index contributed by atoms with van der Waals surface area (Å²) in [5.74, 6) is 0.366. The van der Waals surface area contributed by atoms with E-state index in [1.807, 2.05) is 6.92 Å². The monoisotopic (exact) mass is 575 g/mol. The molecule has 1 fully saturated rings. The quantitative estimate of drug-likeness (QED) is 0.357. The second-order valence-electron chi connectivity index (χ2n) is 9.65. The predicted molar refractivity (Wildman–Crippen MR) is 146 cm³/mol. The highest BCUT2D eigenvalue weighted by Gasteiger charge is 2.35. The standard InChI is InChI=1S/C29H32F3N3O4S/c1-3-39-19-25-15-23(21-7-10-24(11-8-21)29(30,31)32)18-35(25)27-14-9-22(17-33-27)28(36)34-16-20-5-12-26(13-6-20)40(37,38)4-2/h5-14,17,23,25H,3-4,15-16,18-19H2,1-2H3,(H,34,36)/t23?,25-/m0/s1. The van der Waals surface area contributed by atoms with Crippen molar-refractivity contribution in [2.24, 2.45) is 0 Å². The third-order valence-corrected chi connectivity index (χ3v) is 8.81. The van der Waals surface area contributed by atoms with E-state index < -0.39 is 21.6 Å². The Balaban J connectivity index is 1.41. The molecule has 1 aliphatic rings. The van der Waals surface area contributed by atoms with E-state index in [0.717, 1.165) is 23.3 Å². The molecule has 1 N–H and O–H groups in total. The van der Waals surface area contributed by atoms with Gasteiger partial charge in [-0.3, -0.25) is 4.79 Å². The molecule has 0 radical (unpaired) electrons. The fraction of sp³-hybridized carbons (Fsp3) is 0.379. The Hall–Kier alpha value is -3.44. The van der Waals surface area contributed by atoms with Crippen molar-refractivity contribution in [3.8, 4) is 0 Å². The minimum absolute atomic E-state index is 0.0104. The second-order valence-corrected chi connectivity index (χ2v) is 11.9. The van der Waals surface area contributed by atoms with Crippen molar-refractivity contribution in [3.63, 3.8) is 0 Å². The first-order valence-electron chi connectivity index (χ1n) is 13.1. The number of ether oxygens (including phenoxy) is 1. The first-order chi connectivity index (χ1) is 19.0. The maximum atomic E-state index is 13.0. The first-order valence-corrected chi connectivity index (χ1v) is 14.7. The molecule has 0 bridgehead atoms. The number of rotatable bonds is 10. The molecule has 0 saturated carbocycles.